The minimum absolute atomic E-state index is 0.0437. The van der Waals surface area contributed by atoms with E-state index in [2.05, 4.69) is 0 Å². The van der Waals surface area contributed by atoms with Crippen LogP contribution in [0.3, 0.4) is 0 Å². The number of nitrogens with zero attached hydrogens (tertiary/aromatic N) is 1. The van der Waals surface area contributed by atoms with Crippen molar-refractivity contribution in [1.29, 1.82) is 0 Å². The standard InChI is InChI=1S/C12H15NO5S/c14-7-10-5-9(15)6-12(18-10)19-11-3-1-8(2-4-11)13(16)17/h1-4,9-10,12,14-15H,5-7H2. The van der Waals surface area contributed by atoms with Gasteiger partial charge in [0.05, 0.1) is 23.7 Å². The lowest BCUT2D eigenvalue weighted by atomic mass is 10.1. The molecule has 1 aliphatic heterocycles. The number of thioether (sulfide) groups is 1. The fourth-order valence-corrected chi connectivity index (χ4v) is 3.07. The summed E-state index contributed by atoms with van der Waals surface area (Å²) >= 11 is 1.39. The van der Waals surface area contributed by atoms with E-state index in [4.69, 9.17) is 9.84 Å². The second-order valence-electron chi connectivity index (χ2n) is 4.36. The smallest absolute Gasteiger partial charge is 0.269 e. The first-order valence-corrected chi connectivity index (χ1v) is 6.82. The van der Waals surface area contributed by atoms with E-state index >= 15 is 0 Å². The van der Waals surface area contributed by atoms with Crippen molar-refractivity contribution in [3.63, 3.8) is 0 Å². The van der Waals surface area contributed by atoms with E-state index in [9.17, 15) is 15.2 Å². The van der Waals surface area contributed by atoms with Crippen LogP contribution >= 0.6 is 11.8 Å². The molecule has 2 N–H and O–H groups in total. The molecule has 0 bridgehead atoms. The van der Waals surface area contributed by atoms with Crippen LogP contribution in [-0.4, -0.2) is 39.4 Å². The quantitative estimate of drug-likeness (QED) is 0.644. The molecule has 1 aromatic rings. The van der Waals surface area contributed by atoms with Gasteiger partial charge in [0.1, 0.15) is 5.44 Å². The summed E-state index contributed by atoms with van der Waals surface area (Å²) in [4.78, 5) is 10.9. The highest BCUT2D eigenvalue weighted by atomic mass is 32.2. The van der Waals surface area contributed by atoms with Crippen LogP contribution < -0.4 is 0 Å². The molecule has 104 valence electrons. The van der Waals surface area contributed by atoms with E-state index in [0.29, 0.717) is 12.8 Å². The van der Waals surface area contributed by atoms with Gasteiger partial charge in [-0.1, -0.05) is 11.8 Å². The van der Waals surface area contributed by atoms with Crippen LogP contribution in [0.15, 0.2) is 29.2 Å². The molecule has 3 atom stereocenters. The third-order valence-electron chi connectivity index (χ3n) is 2.86. The van der Waals surface area contributed by atoms with Gasteiger partial charge in [0, 0.05) is 29.9 Å². The second kappa shape index (κ2) is 6.33. The van der Waals surface area contributed by atoms with E-state index in [-0.39, 0.29) is 23.8 Å². The molecule has 0 amide bonds. The minimum atomic E-state index is -0.485. The topological polar surface area (TPSA) is 92.8 Å². The van der Waals surface area contributed by atoms with Crippen LogP contribution in [0, 0.1) is 10.1 Å². The zero-order valence-corrected chi connectivity index (χ0v) is 11.0. The van der Waals surface area contributed by atoms with E-state index in [1.807, 2.05) is 0 Å². The third kappa shape index (κ3) is 3.90. The zero-order chi connectivity index (χ0) is 13.8. The Bertz CT molecular complexity index is 438. The van der Waals surface area contributed by atoms with E-state index in [1.54, 1.807) is 12.1 Å². The molecule has 6 nitrogen and oxygen atoms in total. The van der Waals surface area contributed by atoms with Gasteiger partial charge in [-0.2, -0.15) is 0 Å². The Balaban J connectivity index is 1.98. The van der Waals surface area contributed by atoms with E-state index < -0.39 is 11.0 Å². The van der Waals surface area contributed by atoms with Crippen molar-refractivity contribution >= 4 is 17.4 Å². The molecule has 7 heteroatoms. The summed E-state index contributed by atoms with van der Waals surface area (Å²) in [6.07, 6.45) is 0.0900. The summed E-state index contributed by atoms with van der Waals surface area (Å²) in [6.45, 7) is -0.117. The number of ether oxygens (including phenoxy) is 1. The molecular weight excluding hydrogens is 270 g/mol. The van der Waals surface area contributed by atoms with Crippen LogP contribution in [0.1, 0.15) is 12.8 Å². The largest absolute Gasteiger partial charge is 0.394 e. The molecule has 0 radical (unpaired) electrons. The van der Waals surface area contributed by atoms with Crippen molar-refractivity contribution in [2.45, 2.75) is 35.4 Å². The van der Waals surface area contributed by atoms with Crippen LogP contribution in [0.4, 0.5) is 5.69 Å². The minimum Gasteiger partial charge on any atom is -0.394 e. The molecule has 1 aliphatic rings. The van der Waals surface area contributed by atoms with Gasteiger partial charge in [-0.05, 0) is 12.1 Å². The Morgan fingerprint density at radius 1 is 1.37 bits per heavy atom. The van der Waals surface area contributed by atoms with Crippen molar-refractivity contribution < 1.29 is 19.9 Å². The van der Waals surface area contributed by atoms with Crippen molar-refractivity contribution in [1.82, 2.24) is 0 Å². The molecule has 1 fully saturated rings. The number of hydrogen-bond acceptors (Lipinski definition) is 6. The van der Waals surface area contributed by atoms with Gasteiger partial charge in [-0.3, -0.25) is 10.1 Å². The molecular formula is C12H15NO5S. The van der Waals surface area contributed by atoms with Gasteiger partial charge in [-0.25, -0.2) is 0 Å². The normalized spacial score (nSPS) is 27.2. The molecule has 19 heavy (non-hydrogen) atoms. The molecule has 0 spiro atoms. The average molecular weight is 285 g/mol. The number of hydrogen-bond donors (Lipinski definition) is 2. The first-order chi connectivity index (χ1) is 9.08. The lowest BCUT2D eigenvalue weighted by Crippen LogP contribution is -2.36. The lowest BCUT2D eigenvalue weighted by Gasteiger charge is -2.31. The average Bonchev–Trinajstić information content (AvgIpc) is 2.38. The van der Waals surface area contributed by atoms with Gasteiger partial charge < -0.3 is 14.9 Å². The molecule has 1 aromatic carbocycles. The first-order valence-electron chi connectivity index (χ1n) is 5.94. The highest BCUT2D eigenvalue weighted by molar-refractivity contribution is 7.99. The predicted octanol–water partition coefficient (Wildman–Crippen LogP) is 1.55. The number of rotatable bonds is 4. The SMILES string of the molecule is O=[N+]([O-])c1ccc(SC2CC(O)CC(CO)O2)cc1. The fraction of sp³-hybridized carbons (Fsp3) is 0.500. The highest BCUT2D eigenvalue weighted by Gasteiger charge is 2.28. The number of aliphatic hydroxyl groups is 2. The molecule has 0 aliphatic carbocycles. The Labute approximate surface area is 114 Å². The van der Waals surface area contributed by atoms with Crippen molar-refractivity contribution in [3.05, 3.63) is 34.4 Å². The number of non-ortho nitro benzene ring substituents is 1. The van der Waals surface area contributed by atoms with Gasteiger partial charge >= 0.3 is 0 Å². The Kier molecular flexibility index (Phi) is 4.76. The van der Waals surface area contributed by atoms with Crippen LogP contribution in [0.25, 0.3) is 0 Å². The molecule has 1 heterocycles. The summed E-state index contributed by atoms with van der Waals surface area (Å²) in [5, 5.41) is 29.3. The summed E-state index contributed by atoms with van der Waals surface area (Å²) in [6, 6.07) is 6.18. The number of benzene rings is 1. The van der Waals surface area contributed by atoms with Gasteiger partial charge in [0.25, 0.3) is 5.69 Å². The molecule has 0 saturated carbocycles. The summed E-state index contributed by atoms with van der Waals surface area (Å²) < 4.78 is 5.61. The maximum Gasteiger partial charge on any atom is 0.269 e. The number of nitro groups is 1. The van der Waals surface area contributed by atoms with E-state index in [0.717, 1.165) is 4.90 Å². The van der Waals surface area contributed by atoms with Crippen molar-refractivity contribution in [2.75, 3.05) is 6.61 Å². The monoisotopic (exact) mass is 285 g/mol. The summed E-state index contributed by atoms with van der Waals surface area (Å²) in [7, 11) is 0. The van der Waals surface area contributed by atoms with Gasteiger partial charge in [0.2, 0.25) is 0 Å². The summed E-state index contributed by atoms with van der Waals surface area (Å²) in [5.74, 6) is 0. The number of aliphatic hydroxyl groups excluding tert-OH is 2. The Morgan fingerprint density at radius 2 is 2.05 bits per heavy atom. The van der Waals surface area contributed by atoms with Crippen LogP contribution in [0.2, 0.25) is 0 Å². The molecule has 2 rings (SSSR count). The first kappa shape index (κ1) is 14.3. The van der Waals surface area contributed by atoms with Crippen LogP contribution in [0.5, 0.6) is 0 Å². The predicted molar refractivity (Wildman–Crippen MR) is 69.9 cm³/mol. The maximum absolute atomic E-state index is 10.5. The zero-order valence-electron chi connectivity index (χ0n) is 10.1. The molecule has 1 saturated heterocycles. The maximum atomic E-state index is 10.5. The Morgan fingerprint density at radius 3 is 2.63 bits per heavy atom. The fourth-order valence-electron chi connectivity index (χ4n) is 1.94. The third-order valence-corrected chi connectivity index (χ3v) is 3.97. The second-order valence-corrected chi connectivity index (χ2v) is 5.60. The van der Waals surface area contributed by atoms with Crippen LogP contribution in [-0.2, 0) is 4.74 Å². The van der Waals surface area contributed by atoms with Crippen molar-refractivity contribution in [3.8, 4) is 0 Å². The molecule has 0 aromatic heterocycles. The highest BCUT2D eigenvalue weighted by Crippen LogP contribution is 2.33. The van der Waals surface area contributed by atoms with Gasteiger partial charge in [-0.15, -0.1) is 0 Å². The van der Waals surface area contributed by atoms with Gasteiger partial charge in [0.15, 0.2) is 0 Å². The van der Waals surface area contributed by atoms with E-state index in [1.165, 1.54) is 23.9 Å². The lowest BCUT2D eigenvalue weighted by molar-refractivity contribution is -0.384. The van der Waals surface area contributed by atoms with Crippen molar-refractivity contribution in [2.24, 2.45) is 0 Å². The summed E-state index contributed by atoms with van der Waals surface area (Å²) in [5.41, 5.74) is -0.204. The Hall–Kier alpha value is -1.15. The number of nitro benzene ring substituents is 1. The molecule has 3 unspecified atom stereocenters.